The summed E-state index contributed by atoms with van der Waals surface area (Å²) in [5.41, 5.74) is 0. The first-order valence-electron chi connectivity index (χ1n) is 29.1. The van der Waals surface area contributed by atoms with Crippen molar-refractivity contribution in [3.8, 4) is 0 Å². The van der Waals surface area contributed by atoms with Gasteiger partial charge in [-0.25, -0.2) is 0 Å². The predicted octanol–water partition coefficient (Wildman–Crippen LogP) is 19.4. The highest BCUT2D eigenvalue weighted by molar-refractivity contribution is 5.71. The number of hydrogen-bond acceptors (Lipinski definition) is 6. The molecule has 0 N–H and O–H groups in total. The molecule has 0 rings (SSSR count). The van der Waals surface area contributed by atoms with Crippen LogP contribution in [-0.2, 0) is 28.6 Å². The Hall–Kier alpha value is -2.63. The monoisotopic (exact) mass is 939 g/mol. The van der Waals surface area contributed by atoms with Crippen LogP contribution in [0.15, 0.2) is 48.6 Å². The Morgan fingerprint density at radius 2 is 0.552 bits per heavy atom. The van der Waals surface area contributed by atoms with Crippen molar-refractivity contribution in [2.24, 2.45) is 0 Å². The van der Waals surface area contributed by atoms with Crippen LogP contribution in [0.4, 0.5) is 0 Å². The number of carbonyl (C=O) groups is 3. The van der Waals surface area contributed by atoms with Gasteiger partial charge in [-0.05, 0) is 96.3 Å². The van der Waals surface area contributed by atoms with Crippen LogP contribution in [0, 0.1) is 0 Å². The Kier molecular flexibility index (Phi) is 53.8. The van der Waals surface area contributed by atoms with Gasteiger partial charge in [-0.3, -0.25) is 14.4 Å². The lowest BCUT2D eigenvalue weighted by molar-refractivity contribution is -0.167. The molecule has 0 aromatic carbocycles. The van der Waals surface area contributed by atoms with E-state index in [1.807, 2.05) is 0 Å². The second-order valence-corrected chi connectivity index (χ2v) is 19.5. The summed E-state index contributed by atoms with van der Waals surface area (Å²) in [6.45, 7) is 6.59. The minimum Gasteiger partial charge on any atom is -0.462 e. The van der Waals surface area contributed by atoms with Crippen LogP contribution in [0.1, 0.15) is 303 Å². The lowest BCUT2D eigenvalue weighted by atomic mass is 10.0. The van der Waals surface area contributed by atoms with Gasteiger partial charge in [-0.2, -0.15) is 0 Å². The van der Waals surface area contributed by atoms with Crippen LogP contribution in [0.2, 0.25) is 0 Å². The maximum absolute atomic E-state index is 12.8. The van der Waals surface area contributed by atoms with Crippen LogP contribution >= 0.6 is 0 Å². The summed E-state index contributed by atoms with van der Waals surface area (Å²) in [5.74, 6) is -0.887. The fraction of sp³-hybridized carbons (Fsp3) is 0.820. The molecule has 1 atom stereocenters. The molecule has 390 valence electrons. The minimum atomic E-state index is -0.779. The van der Waals surface area contributed by atoms with Crippen molar-refractivity contribution in [1.82, 2.24) is 0 Å². The van der Waals surface area contributed by atoms with Gasteiger partial charge < -0.3 is 14.2 Å². The van der Waals surface area contributed by atoms with Gasteiger partial charge >= 0.3 is 17.9 Å². The molecule has 0 aliphatic carbocycles. The van der Waals surface area contributed by atoms with Crippen LogP contribution < -0.4 is 0 Å². The van der Waals surface area contributed by atoms with Gasteiger partial charge in [0.25, 0.3) is 0 Å². The summed E-state index contributed by atoms with van der Waals surface area (Å²) in [5, 5.41) is 0. The van der Waals surface area contributed by atoms with E-state index in [1.165, 1.54) is 180 Å². The molecule has 0 aromatic heterocycles. The zero-order chi connectivity index (χ0) is 48.6. The maximum Gasteiger partial charge on any atom is 0.306 e. The van der Waals surface area contributed by atoms with E-state index in [2.05, 4.69) is 69.4 Å². The molecule has 67 heavy (non-hydrogen) atoms. The van der Waals surface area contributed by atoms with E-state index >= 15 is 0 Å². The zero-order valence-corrected chi connectivity index (χ0v) is 44.7. The highest BCUT2D eigenvalue weighted by atomic mass is 16.6. The van der Waals surface area contributed by atoms with E-state index in [4.69, 9.17) is 14.2 Å². The minimum absolute atomic E-state index is 0.0777. The average molecular weight is 940 g/mol. The predicted molar refractivity (Wildman–Crippen MR) is 289 cm³/mol. The van der Waals surface area contributed by atoms with Gasteiger partial charge in [0.2, 0.25) is 0 Å². The summed E-state index contributed by atoms with van der Waals surface area (Å²) >= 11 is 0. The van der Waals surface area contributed by atoms with Gasteiger partial charge in [0.05, 0.1) is 0 Å². The van der Waals surface area contributed by atoms with Crippen molar-refractivity contribution in [3.05, 3.63) is 48.6 Å². The molecule has 6 heteroatoms. The Morgan fingerprint density at radius 3 is 0.896 bits per heavy atom. The summed E-state index contributed by atoms with van der Waals surface area (Å²) < 4.78 is 16.8. The molecule has 6 nitrogen and oxygen atoms in total. The Labute approximate surface area is 416 Å². The lowest BCUT2D eigenvalue weighted by Gasteiger charge is -2.18. The lowest BCUT2D eigenvalue weighted by Crippen LogP contribution is -2.30. The third kappa shape index (κ3) is 54.2. The molecule has 1 unspecified atom stereocenters. The molecule has 0 aromatic rings. The number of allylic oxidation sites excluding steroid dienone is 8. The Balaban J connectivity index is 4.21. The van der Waals surface area contributed by atoms with Crippen LogP contribution in [0.3, 0.4) is 0 Å². The summed E-state index contributed by atoms with van der Waals surface area (Å²) in [4.78, 5) is 38.0. The number of ether oxygens (including phenoxy) is 3. The van der Waals surface area contributed by atoms with Crippen molar-refractivity contribution in [1.29, 1.82) is 0 Å². The van der Waals surface area contributed by atoms with Crippen molar-refractivity contribution >= 4 is 17.9 Å². The van der Waals surface area contributed by atoms with Crippen molar-refractivity contribution < 1.29 is 28.6 Å². The molecule has 0 saturated carbocycles. The molecule has 0 saturated heterocycles. The fourth-order valence-electron chi connectivity index (χ4n) is 8.33. The molecule has 0 aliphatic rings. The van der Waals surface area contributed by atoms with Gasteiger partial charge in [0.1, 0.15) is 13.2 Å². The van der Waals surface area contributed by atoms with Crippen LogP contribution in [0.5, 0.6) is 0 Å². The largest absolute Gasteiger partial charge is 0.462 e. The quantitative estimate of drug-likeness (QED) is 0.0262. The van der Waals surface area contributed by atoms with Gasteiger partial charge in [-0.1, -0.05) is 236 Å². The van der Waals surface area contributed by atoms with Gasteiger partial charge in [0.15, 0.2) is 6.10 Å². The van der Waals surface area contributed by atoms with E-state index < -0.39 is 6.10 Å². The SMILES string of the molecule is CCCC/C=C\CCCCCCCC(=O)OCC(COC(=O)CCCCCCCCCCCCCCC/C=C\C/C=C\CCCCCCC)OC(=O)CCCCCCC/C=C\CCCCCC. The third-order valence-corrected chi connectivity index (χ3v) is 12.8. The number of carbonyl (C=O) groups excluding carboxylic acids is 3. The smallest absolute Gasteiger partial charge is 0.306 e. The van der Waals surface area contributed by atoms with Crippen LogP contribution in [0.25, 0.3) is 0 Å². The van der Waals surface area contributed by atoms with Gasteiger partial charge in [0, 0.05) is 19.3 Å². The zero-order valence-electron chi connectivity index (χ0n) is 44.7. The fourth-order valence-corrected chi connectivity index (χ4v) is 8.33. The Morgan fingerprint density at radius 1 is 0.299 bits per heavy atom. The van der Waals surface area contributed by atoms with E-state index in [1.54, 1.807) is 0 Å². The summed E-state index contributed by atoms with van der Waals surface area (Å²) in [6.07, 6.45) is 68.3. The van der Waals surface area contributed by atoms with E-state index in [0.717, 1.165) is 83.5 Å². The normalized spacial score (nSPS) is 12.3. The van der Waals surface area contributed by atoms with Gasteiger partial charge in [-0.15, -0.1) is 0 Å². The molecule has 0 radical (unpaired) electrons. The van der Waals surface area contributed by atoms with E-state index in [9.17, 15) is 14.4 Å². The molecule has 0 heterocycles. The molecule has 0 aliphatic heterocycles. The topological polar surface area (TPSA) is 78.9 Å². The second kappa shape index (κ2) is 56.0. The molecule has 0 amide bonds. The number of unbranched alkanes of at least 4 members (excludes halogenated alkanes) is 34. The third-order valence-electron chi connectivity index (χ3n) is 12.8. The number of esters is 3. The standard InChI is InChI=1S/C61H110O6/c1-4-7-10-13-16-19-22-24-25-26-27-28-29-30-31-32-33-34-35-37-39-42-45-48-51-54-60(63)66-57-58(56-65-59(62)53-50-47-44-41-38-21-18-15-12-9-6-3)67-61(64)55-52-49-46-43-40-36-23-20-17-14-11-8-5-2/h15,18,20,22-24,26-27,58H,4-14,16-17,19,21,25,28-57H2,1-3H3/b18-15-,23-20-,24-22-,27-26-. The van der Waals surface area contributed by atoms with Crippen molar-refractivity contribution in [2.75, 3.05) is 13.2 Å². The Bertz CT molecular complexity index is 1170. The first-order valence-corrected chi connectivity index (χ1v) is 29.1. The number of hydrogen-bond donors (Lipinski definition) is 0. The van der Waals surface area contributed by atoms with Crippen molar-refractivity contribution in [2.45, 2.75) is 309 Å². The summed E-state index contributed by atoms with van der Waals surface area (Å²) in [6, 6.07) is 0. The molecule has 0 spiro atoms. The number of rotatable bonds is 53. The maximum atomic E-state index is 12.8. The first-order chi connectivity index (χ1) is 33.0. The molecular formula is C61H110O6. The van der Waals surface area contributed by atoms with Crippen molar-refractivity contribution in [3.63, 3.8) is 0 Å². The molecule has 0 fully saturated rings. The van der Waals surface area contributed by atoms with Crippen LogP contribution in [-0.4, -0.2) is 37.2 Å². The molecular weight excluding hydrogens is 829 g/mol. The highest BCUT2D eigenvalue weighted by Crippen LogP contribution is 2.16. The first kappa shape index (κ1) is 64.4. The average Bonchev–Trinajstić information content (AvgIpc) is 3.33. The van der Waals surface area contributed by atoms with E-state index in [-0.39, 0.29) is 31.1 Å². The second-order valence-electron chi connectivity index (χ2n) is 19.5. The van der Waals surface area contributed by atoms with E-state index in [0.29, 0.717) is 19.3 Å². The summed E-state index contributed by atoms with van der Waals surface area (Å²) in [7, 11) is 0. The highest BCUT2D eigenvalue weighted by Gasteiger charge is 2.19. The molecule has 0 bridgehead atoms.